The van der Waals surface area contributed by atoms with Gasteiger partial charge in [-0.25, -0.2) is 14.6 Å². The lowest BCUT2D eigenvalue weighted by molar-refractivity contribution is -0.121. The molecule has 3 heterocycles. The number of nitrogens with two attached hydrogens (primary N) is 1. The van der Waals surface area contributed by atoms with E-state index in [1.807, 2.05) is 54.6 Å². The third-order valence-electron chi connectivity index (χ3n) is 7.43. The van der Waals surface area contributed by atoms with Crippen molar-refractivity contribution in [2.45, 2.75) is 50.6 Å². The van der Waals surface area contributed by atoms with Crippen LogP contribution in [0.5, 0.6) is 11.5 Å². The number of piperidine rings is 1. The van der Waals surface area contributed by atoms with Crippen LogP contribution in [0, 0.1) is 0 Å². The van der Waals surface area contributed by atoms with E-state index in [1.54, 1.807) is 0 Å². The zero-order valence-corrected chi connectivity index (χ0v) is 20.2. The molecule has 2 N–H and O–H groups in total. The van der Waals surface area contributed by atoms with Crippen molar-refractivity contribution in [2.24, 2.45) is 0 Å². The molecule has 1 unspecified atom stereocenters. The van der Waals surface area contributed by atoms with Gasteiger partial charge in [0.15, 0.2) is 5.65 Å². The maximum atomic E-state index is 11.7. The monoisotopic (exact) mass is 482 g/mol. The number of ketones is 1. The first kappa shape index (κ1) is 22.7. The maximum absolute atomic E-state index is 11.7. The van der Waals surface area contributed by atoms with E-state index in [0.29, 0.717) is 30.5 Å². The van der Waals surface area contributed by atoms with Gasteiger partial charge in [-0.1, -0.05) is 18.2 Å². The number of carbonyl (C=O) groups is 1. The Kier molecular flexibility index (Phi) is 6.11. The van der Waals surface area contributed by atoms with Crippen LogP contribution in [0.4, 0.5) is 5.82 Å². The van der Waals surface area contributed by atoms with E-state index in [-0.39, 0.29) is 6.04 Å². The minimum atomic E-state index is 0.197. The Morgan fingerprint density at radius 3 is 2.42 bits per heavy atom. The smallest absolute Gasteiger partial charge is 0.164 e. The molecule has 0 spiro atoms. The second-order valence-electron chi connectivity index (χ2n) is 9.75. The molecular weight excluding hydrogens is 452 g/mol. The largest absolute Gasteiger partial charge is 0.457 e. The predicted octanol–water partition coefficient (Wildman–Crippen LogP) is 5.02. The van der Waals surface area contributed by atoms with Crippen molar-refractivity contribution in [3.8, 4) is 22.8 Å². The number of ether oxygens (including phenoxy) is 1. The fourth-order valence-corrected chi connectivity index (χ4v) is 5.56. The number of hydrogen-bond donors (Lipinski definition) is 1. The Bertz CT molecular complexity index is 1360. The molecule has 6 rings (SSSR count). The third-order valence-corrected chi connectivity index (χ3v) is 7.43. The van der Waals surface area contributed by atoms with Crippen LogP contribution in [-0.4, -0.2) is 49.6 Å². The van der Waals surface area contributed by atoms with Crippen molar-refractivity contribution in [1.29, 1.82) is 0 Å². The molecule has 0 bridgehead atoms. The number of nitrogen functional groups attached to an aromatic ring is 1. The van der Waals surface area contributed by atoms with Crippen molar-refractivity contribution in [2.75, 3.05) is 18.8 Å². The molecule has 2 aliphatic rings. The van der Waals surface area contributed by atoms with Gasteiger partial charge in [-0.15, -0.1) is 0 Å². The average molecular weight is 483 g/mol. The summed E-state index contributed by atoms with van der Waals surface area (Å²) in [6.07, 6.45) is 6.98. The number of anilines is 1. The van der Waals surface area contributed by atoms with Crippen LogP contribution in [0.25, 0.3) is 22.3 Å². The summed E-state index contributed by atoms with van der Waals surface area (Å²) in [5, 5.41) is 5.85. The Labute approximate surface area is 210 Å². The number of Topliss-reactive ketones (excluding diaryl/α,β-unsaturated/α-hetero) is 1. The van der Waals surface area contributed by atoms with Crippen LogP contribution in [0.2, 0.25) is 0 Å². The van der Waals surface area contributed by atoms with Gasteiger partial charge in [0.2, 0.25) is 0 Å². The Balaban J connectivity index is 1.30. The lowest BCUT2D eigenvalue weighted by atomic mass is 9.91. The number of fused-ring (bicyclic) bond motifs is 1. The fraction of sp³-hybridized carbons (Fsp3) is 0.357. The highest BCUT2D eigenvalue weighted by molar-refractivity contribution is 5.98. The first-order valence-electron chi connectivity index (χ1n) is 12.7. The van der Waals surface area contributed by atoms with Crippen LogP contribution in [0.3, 0.4) is 0 Å². The molecule has 184 valence electrons. The predicted molar refractivity (Wildman–Crippen MR) is 139 cm³/mol. The van der Waals surface area contributed by atoms with E-state index in [0.717, 1.165) is 72.6 Å². The number of nitrogens with zero attached hydrogens (tertiary/aromatic N) is 5. The number of hydrogen-bond acceptors (Lipinski definition) is 7. The van der Waals surface area contributed by atoms with Gasteiger partial charge in [0.05, 0.1) is 11.4 Å². The molecule has 1 aliphatic carbocycles. The summed E-state index contributed by atoms with van der Waals surface area (Å²) in [6, 6.07) is 18.3. The fourth-order valence-electron chi connectivity index (χ4n) is 5.56. The Morgan fingerprint density at radius 2 is 1.64 bits per heavy atom. The number of benzene rings is 2. The summed E-state index contributed by atoms with van der Waals surface area (Å²) < 4.78 is 8.01. The maximum Gasteiger partial charge on any atom is 0.164 e. The first-order chi connectivity index (χ1) is 17.7. The molecule has 0 radical (unpaired) electrons. The number of para-hydroxylation sites is 1. The molecule has 1 atom stereocenters. The van der Waals surface area contributed by atoms with Crippen molar-refractivity contribution in [3.63, 3.8) is 0 Å². The van der Waals surface area contributed by atoms with Gasteiger partial charge in [0, 0.05) is 31.0 Å². The van der Waals surface area contributed by atoms with Crippen molar-refractivity contribution < 1.29 is 9.53 Å². The quantitative estimate of drug-likeness (QED) is 0.426. The number of rotatable bonds is 5. The topological polar surface area (TPSA) is 99.2 Å². The molecule has 1 aliphatic heterocycles. The second-order valence-corrected chi connectivity index (χ2v) is 9.75. The zero-order chi connectivity index (χ0) is 24.5. The molecule has 2 aromatic heterocycles. The van der Waals surface area contributed by atoms with E-state index in [4.69, 9.17) is 15.6 Å². The van der Waals surface area contributed by atoms with Crippen molar-refractivity contribution >= 4 is 22.6 Å². The molecule has 2 fully saturated rings. The summed E-state index contributed by atoms with van der Waals surface area (Å²) in [5.41, 5.74) is 8.86. The SMILES string of the molecule is Nc1ncnc2c1c(-c1ccc(Oc3ccccc3)cc1)nn2C1CCCN(C2CCC(=O)CC2)C1. The summed E-state index contributed by atoms with van der Waals surface area (Å²) in [5.74, 6) is 2.38. The van der Waals surface area contributed by atoms with E-state index in [1.165, 1.54) is 6.33 Å². The van der Waals surface area contributed by atoms with Gasteiger partial charge in [0.1, 0.15) is 35.1 Å². The van der Waals surface area contributed by atoms with Gasteiger partial charge in [0.25, 0.3) is 0 Å². The van der Waals surface area contributed by atoms with Crippen molar-refractivity contribution in [3.05, 3.63) is 60.9 Å². The molecule has 0 amide bonds. The van der Waals surface area contributed by atoms with E-state index in [2.05, 4.69) is 19.5 Å². The van der Waals surface area contributed by atoms with Crippen molar-refractivity contribution in [1.82, 2.24) is 24.6 Å². The molecule has 8 heteroatoms. The zero-order valence-electron chi connectivity index (χ0n) is 20.2. The minimum Gasteiger partial charge on any atom is -0.457 e. The molecular formula is C28H30N6O2. The summed E-state index contributed by atoms with van der Waals surface area (Å²) in [7, 11) is 0. The standard InChI is InChI=1S/C28H30N6O2/c29-27-25-26(19-8-14-24(15-9-19)36-23-6-2-1-3-7-23)32-34(28(25)31-18-30-27)21-5-4-16-33(17-21)20-10-12-22(35)13-11-20/h1-3,6-9,14-15,18,20-21H,4-5,10-13,16-17H2,(H2,29,30,31). The Morgan fingerprint density at radius 1 is 0.889 bits per heavy atom. The summed E-state index contributed by atoms with van der Waals surface area (Å²) >= 11 is 0. The molecule has 1 saturated carbocycles. The average Bonchev–Trinajstić information content (AvgIpc) is 3.31. The van der Waals surface area contributed by atoms with Crippen LogP contribution in [0.15, 0.2) is 60.9 Å². The van der Waals surface area contributed by atoms with E-state index in [9.17, 15) is 4.79 Å². The van der Waals surface area contributed by atoms with Crippen LogP contribution in [0.1, 0.15) is 44.6 Å². The molecule has 1 saturated heterocycles. The van der Waals surface area contributed by atoms with E-state index >= 15 is 0 Å². The highest BCUT2D eigenvalue weighted by Gasteiger charge is 2.31. The molecule has 2 aromatic carbocycles. The van der Waals surface area contributed by atoms with Crippen LogP contribution >= 0.6 is 0 Å². The van der Waals surface area contributed by atoms with Gasteiger partial charge < -0.3 is 10.5 Å². The lowest BCUT2D eigenvalue weighted by Crippen LogP contribution is -2.45. The third kappa shape index (κ3) is 4.44. The Hall–Kier alpha value is -3.78. The normalized spacial score (nSPS) is 19.6. The number of likely N-dealkylation sites (tertiary alicyclic amines) is 1. The van der Waals surface area contributed by atoms with Gasteiger partial charge in [-0.2, -0.15) is 5.10 Å². The highest BCUT2D eigenvalue weighted by atomic mass is 16.5. The number of carbonyl (C=O) groups excluding carboxylic acids is 1. The first-order valence-corrected chi connectivity index (χ1v) is 12.7. The summed E-state index contributed by atoms with van der Waals surface area (Å²) in [4.78, 5) is 23.2. The lowest BCUT2D eigenvalue weighted by Gasteiger charge is -2.39. The van der Waals surface area contributed by atoms with Crippen LogP contribution < -0.4 is 10.5 Å². The van der Waals surface area contributed by atoms with Crippen LogP contribution in [-0.2, 0) is 4.79 Å². The summed E-state index contributed by atoms with van der Waals surface area (Å²) in [6.45, 7) is 1.98. The number of aromatic nitrogens is 4. The van der Waals surface area contributed by atoms with Gasteiger partial charge in [-0.3, -0.25) is 9.69 Å². The molecule has 4 aromatic rings. The molecule has 36 heavy (non-hydrogen) atoms. The molecule has 8 nitrogen and oxygen atoms in total. The van der Waals surface area contributed by atoms with Gasteiger partial charge in [-0.05, 0) is 68.6 Å². The van der Waals surface area contributed by atoms with E-state index < -0.39 is 0 Å². The second kappa shape index (κ2) is 9.70. The van der Waals surface area contributed by atoms with Gasteiger partial charge >= 0.3 is 0 Å². The minimum absolute atomic E-state index is 0.197. The highest BCUT2D eigenvalue weighted by Crippen LogP contribution is 2.35.